The number of nitrogens with one attached hydrogen (secondary N) is 1. The Kier molecular flexibility index (Phi) is 4.90. The molecular weight excluding hydrogens is 312 g/mol. The smallest absolute Gasteiger partial charge is 0.225 e. The quantitative estimate of drug-likeness (QED) is 0.907. The molecule has 18 heavy (non-hydrogen) atoms. The number of aromatic nitrogens is 1. The first-order valence-corrected chi connectivity index (χ1v) is 7.36. The van der Waals surface area contributed by atoms with Gasteiger partial charge in [-0.05, 0) is 52.4 Å². The molecule has 0 saturated heterocycles. The van der Waals surface area contributed by atoms with Crippen LogP contribution < -0.4 is 5.32 Å². The average molecular weight is 325 g/mol. The highest BCUT2D eigenvalue weighted by Crippen LogP contribution is 2.18. The van der Waals surface area contributed by atoms with Gasteiger partial charge in [-0.3, -0.25) is 4.79 Å². The molecule has 2 heterocycles. The molecule has 0 aliphatic carbocycles. The summed E-state index contributed by atoms with van der Waals surface area (Å²) in [5, 5.41) is 4.85. The maximum absolute atomic E-state index is 11.7. The second kappa shape index (κ2) is 6.66. The Hall–Kier alpha value is -1.20. The number of carbonyl (C=O) groups is 1. The molecule has 0 atom stereocenters. The van der Waals surface area contributed by atoms with Crippen LogP contribution in [-0.2, 0) is 11.2 Å². The third kappa shape index (κ3) is 3.92. The van der Waals surface area contributed by atoms with E-state index in [0.717, 1.165) is 17.3 Å². The van der Waals surface area contributed by atoms with Crippen molar-refractivity contribution in [1.82, 2.24) is 4.98 Å². The van der Waals surface area contributed by atoms with E-state index in [0.29, 0.717) is 12.2 Å². The molecule has 0 fully saturated rings. The third-order valence-electron chi connectivity index (χ3n) is 2.42. The lowest BCUT2D eigenvalue weighted by Crippen LogP contribution is -2.12. The van der Waals surface area contributed by atoms with Crippen molar-refractivity contribution in [2.45, 2.75) is 19.3 Å². The number of pyridine rings is 1. The highest BCUT2D eigenvalue weighted by molar-refractivity contribution is 9.10. The first-order chi connectivity index (χ1) is 8.75. The van der Waals surface area contributed by atoms with E-state index >= 15 is 0 Å². The third-order valence-corrected chi connectivity index (χ3v) is 4.00. The van der Waals surface area contributed by atoms with Gasteiger partial charge >= 0.3 is 0 Å². The van der Waals surface area contributed by atoms with Crippen LogP contribution >= 0.6 is 27.3 Å². The molecule has 0 aliphatic rings. The highest BCUT2D eigenvalue weighted by Gasteiger charge is 2.06. The molecule has 2 aromatic heterocycles. The molecule has 0 bridgehead atoms. The van der Waals surface area contributed by atoms with Gasteiger partial charge in [0.1, 0.15) is 5.82 Å². The van der Waals surface area contributed by atoms with Crippen molar-refractivity contribution in [3.8, 4) is 0 Å². The van der Waals surface area contributed by atoms with Gasteiger partial charge in [0.05, 0.1) is 4.47 Å². The molecule has 0 aliphatic heterocycles. The zero-order valence-corrected chi connectivity index (χ0v) is 12.1. The van der Waals surface area contributed by atoms with Crippen LogP contribution in [0.1, 0.15) is 17.7 Å². The van der Waals surface area contributed by atoms with Crippen molar-refractivity contribution in [3.63, 3.8) is 0 Å². The summed E-state index contributed by atoms with van der Waals surface area (Å²) in [6.07, 6.45) is 3.98. The summed E-state index contributed by atoms with van der Waals surface area (Å²) in [7, 11) is 0. The monoisotopic (exact) mass is 324 g/mol. The van der Waals surface area contributed by atoms with E-state index in [1.807, 2.05) is 18.2 Å². The number of carbonyl (C=O) groups excluding carboxylic acids is 1. The van der Waals surface area contributed by atoms with E-state index in [4.69, 9.17) is 0 Å². The van der Waals surface area contributed by atoms with E-state index in [-0.39, 0.29) is 5.91 Å². The predicted molar refractivity (Wildman–Crippen MR) is 77.8 cm³/mol. The number of thiophene rings is 1. The average Bonchev–Trinajstić information content (AvgIpc) is 2.85. The summed E-state index contributed by atoms with van der Waals surface area (Å²) in [5.74, 6) is 0.588. The minimum Gasteiger partial charge on any atom is -0.310 e. The predicted octanol–water partition coefficient (Wildman–Crippen LogP) is 3.87. The molecule has 0 saturated carbocycles. The molecule has 2 aromatic rings. The highest BCUT2D eigenvalue weighted by atomic mass is 79.9. The number of rotatable bonds is 5. The maximum Gasteiger partial charge on any atom is 0.225 e. The molecule has 3 nitrogen and oxygen atoms in total. The standard InChI is InChI=1S/C13H13BrN2OS/c14-11-6-2-8-15-13(11)16-12(17)7-1-4-10-5-3-9-18-10/h2-3,5-6,8-9H,1,4,7H2,(H,15,16,17). The van der Waals surface area contributed by atoms with Gasteiger partial charge in [-0.15, -0.1) is 11.3 Å². The number of aryl methyl sites for hydroxylation is 1. The molecule has 0 spiro atoms. The lowest BCUT2D eigenvalue weighted by molar-refractivity contribution is -0.116. The Bertz CT molecular complexity index is 513. The van der Waals surface area contributed by atoms with Crippen LogP contribution in [0, 0.1) is 0 Å². The van der Waals surface area contributed by atoms with E-state index in [9.17, 15) is 4.79 Å². The number of nitrogens with zero attached hydrogens (tertiary/aromatic N) is 1. The molecule has 5 heteroatoms. The second-order valence-electron chi connectivity index (χ2n) is 3.81. The van der Waals surface area contributed by atoms with Gasteiger partial charge in [0.2, 0.25) is 5.91 Å². The van der Waals surface area contributed by atoms with Crippen LogP contribution in [0.15, 0.2) is 40.3 Å². The van der Waals surface area contributed by atoms with Crippen molar-refractivity contribution >= 4 is 39.0 Å². The fourth-order valence-electron chi connectivity index (χ4n) is 1.55. The minimum atomic E-state index is 0.00551. The fraction of sp³-hybridized carbons (Fsp3) is 0.231. The molecule has 0 unspecified atom stereocenters. The van der Waals surface area contributed by atoms with Crippen LogP contribution in [-0.4, -0.2) is 10.9 Å². The maximum atomic E-state index is 11.7. The largest absolute Gasteiger partial charge is 0.310 e. The lowest BCUT2D eigenvalue weighted by Gasteiger charge is -2.05. The number of amides is 1. The van der Waals surface area contributed by atoms with Crippen molar-refractivity contribution in [3.05, 3.63) is 45.2 Å². The molecular formula is C13H13BrN2OS. The Morgan fingerprint density at radius 3 is 3.00 bits per heavy atom. The van der Waals surface area contributed by atoms with Crippen LogP contribution in [0.5, 0.6) is 0 Å². The zero-order chi connectivity index (χ0) is 12.8. The number of hydrogen-bond acceptors (Lipinski definition) is 3. The van der Waals surface area contributed by atoms with E-state index in [2.05, 4.69) is 37.7 Å². The van der Waals surface area contributed by atoms with E-state index in [1.54, 1.807) is 17.5 Å². The second-order valence-corrected chi connectivity index (χ2v) is 5.70. The first kappa shape index (κ1) is 13.2. The summed E-state index contributed by atoms with van der Waals surface area (Å²) in [4.78, 5) is 17.1. The molecule has 0 aromatic carbocycles. The first-order valence-electron chi connectivity index (χ1n) is 5.68. The molecule has 94 valence electrons. The van der Waals surface area contributed by atoms with Crippen LogP contribution in [0.3, 0.4) is 0 Å². The van der Waals surface area contributed by atoms with Gasteiger partial charge in [-0.1, -0.05) is 6.07 Å². The molecule has 1 N–H and O–H groups in total. The summed E-state index contributed by atoms with van der Waals surface area (Å²) >= 11 is 5.08. The zero-order valence-electron chi connectivity index (χ0n) is 9.73. The summed E-state index contributed by atoms with van der Waals surface area (Å²) in [6.45, 7) is 0. The molecule has 2 rings (SSSR count). The van der Waals surface area contributed by atoms with Gasteiger partial charge in [-0.2, -0.15) is 0 Å². The Balaban J connectivity index is 1.77. The van der Waals surface area contributed by atoms with Crippen molar-refractivity contribution in [2.75, 3.05) is 5.32 Å². The van der Waals surface area contributed by atoms with Crippen molar-refractivity contribution < 1.29 is 4.79 Å². The molecule has 0 radical (unpaired) electrons. The Morgan fingerprint density at radius 1 is 1.39 bits per heavy atom. The summed E-state index contributed by atoms with van der Waals surface area (Å²) in [6, 6.07) is 7.80. The number of hydrogen-bond donors (Lipinski definition) is 1. The normalized spacial score (nSPS) is 10.3. The SMILES string of the molecule is O=C(CCCc1cccs1)Nc1ncccc1Br. The van der Waals surface area contributed by atoms with Gasteiger partial charge in [-0.25, -0.2) is 4.98 Å². The molecule has 1 amide bonds. The lowest BCUT2D eigenvalue weighted by atomic mass is 10.2. The fourth-order valence-corrected chi connectivity index (χ4v) is 2.66. The topological polar surface area (TPSA) is 42.0 Å². The van der Waals surface area contributed by atoms with E-state index < -0.39 is 0 Å². The van der Waals surface area contributed by atoms with Crippen molar-refractivity contribution in [2.24, 2.45) is 0 Å². The van der Waals surface area contributed by atoms with Gasteiger partial charge in [0, 0.05) is 17.5 Å². The minimum absolute atomic E-state index is 0.00551. The van der Waals surface area contributed by atoms with Gasteiger partial charge in [0.25, 0.3) is 0 Å². The van der Waals surface area contributed by atoms with E-state index in [1.165, 1.54) is 4.88 Å². The number of anilines is 1. The van der Waals surface area contributed by atoms with Gasteiger partial charge in [0.15, 0.2) is 0 Å². The van der Waals surface area contributed by atoms with Crippen molar-refractivity contribution in [1.29, 1.82) is 0 Å². The Morgan fingerprint density at radius 2 is 2.28 bits per heavy atom. The van der Waals surface area contributed by atoms with Crippen LogP contribution in [0.2, 0.25) is 0 Å². The number of halogens is 1. The van der Waals surface area contributed by atoms with Gasteiger partial charge < -0.3 is 5.32 Å². The Labute approximate surface area is 118 Å². The summed E-state index contributed by atoms with van der Waals surface area (Å²) in [5.41, 5.74) is 0. The van der Waals surface area contributed by atoms with Crippen LogP contribution in [0.25, 0.3) is 0 Å². The van der Waals surface area contributed by atoms with Crippen LogP contribution in [0.4, 0.5) is 5.82 Å². The summed E-state index contributed by atoms with van der Waals surface area (Å²) < 4.78 is 0.802.